The zero-order chi connectivity index (χ0) is 39.2. The molecule has 3 aromatic rings. The smallest absolute Gasteiger partial charge is 0.408 e. The van der Waals surface area contributed by atoms with Gasteiger partial charge in [0, 0.05) is 43.7 Å². The summed E-state index contributed by atoms with van der Waals surface area (Å²) in [5.74, 6) is -1.89. The maximum Gasteiger partial charge on any atom is 0.408 e. The van der Waals surface area contributed by atoms with Crippen molar-refractivity contribution in [2.75, 3.05) is 13.2 Å². The molecular formula is C37H45N9O7S2. The normalized spacial score (nSPS) is 24.4. The number of carbonyl (C=O) groups excluding carboxylic acids is 4. The Balaban J connectivity index is 1.37. The Kier molecular flexibility index (Phi) is 12.5. The molecule has 0 spiro atoms. The van der Waals surface area contributed by atoms with Crippen molar-refractivity contribution in [3.8, 4) is 0 Å². The van der Waals surface area contributed by atoms with E-state index in [1.54, 1.807) is 64.6 Å². The minimum Gasteiger partial charge on any atom is -0.464 e. The summed E-state index contributed by atoms with van der Waals surface area (Å²) >= 11 is 2.21. The molecule has 5 heterocycles. The summed E-state index contributed by atoms with van der Waals surface area (Å²) in [5.41, 5.74) is -2.58. The quantitative estimate of drug-likeness (QED) is 0.188. The molecule has 6 rings (SSSR count). The van der Waals surface area contributed by atoms with Crippen molar-refractivity contribution >= 4 is 47.4 Å². The van der Waals surface area contributed by atoms with Gasteiger partial charge >= 0.3 is 12.1 Å². The predicted octanol–water partition coefficient (Wildman–Crippen LogP) is 4.12. The van der Waals surface area contributed by atoms with Crippen LogP contribution in [0.2, 0.25) is 0 Å². The highest BCUT2D eigenvalue weighted by Crippen LogP contribution is 2.46. The number of nitrogens with one attached hydrogen (secondary N) is 2. The second kappa shape index (κ2) is 17.3. The Morgan fingerprint density at radius 2 is 1.69 bits per heavy atom. The summed E-state index contributed by atoms with van der Waals surface area (Å²) in [5, 5.41) is 11.0. The van der Waals surface area contributed by atoms with Gasteiger partial charge in [-0.3, -0.25) is 14.4 Å². The van der Waals surface area contributed by atoms with E-state index in [2.05, 4.69) is 35.7 Å². The van der Waals surface area contributed by atoms with Gasteiger partial charge in [0.05, 0.1) is 28.6 Å². The molecule has 3 aliphatic rings. The molecule has 55 heavy (non-hydrogen) atoms. The van der Waals surface area contributed by atoms with Crippen LogP contribution in [0.4, 0.5) is 4.79 Å². The number of hydrogen-bond acceptors (Lipinski definition) is 14. The Labute approximate surface area is 327 Å². The number of amides is 3. The summed E-state index contributed by atoms with van der Waals surface area (Å²) in [7, 11) is 0. The average molecular weight is 792 g/mol. The average Bonchev–Trinajstić information content (AvgIpc) is 3.66. The Morgan fingerprint density at radius 1 is 1.00 bits per heavy atom. The molecule has 1 saturated carbocycles. The Morgan fingerprint density at radius 3 is 2.36 bits per heavy atom. The van der Waals surface area contributed by atoms with Gasteiger partial charge in [0.25, 0.3) is 5.56 Å². The number of alkyl carbamates (subject to hydrolysis) is 1. The van der Waals surface area contributed by atoms with Gasteiger partial charge < -0.3 is 25.0 Å². The molecule has 3 amide bonds. The van der Waals surface area contributed by atoms with Crippen molar-refractivity contribution in [3.63, 3.8) is 0 Å². The Bertz CT molecular complexity index is 1960. The third kappa shape index (κ3) is 9.70. The van der Waals surface area contributed by atoms with Gasteiger partial charge in [0.2, 0.25) is 11.8 Å². The molecule has 292 valence electrons. The van der Waals surface area contributed by atoms with Crippen molar-refractivity contribution in [1.82, 2.24) is 45.2 Å². The van der Waals surface area contributed by atoms with Crippen molar-refractivity contribution in [1.29, 1.82) is 0 Å². The van der Waals surface area contributed by atoms with Crippen LogP contribution in [0.25, 0.3) is 0 Å². The van der Waals surface area contributed by atoms with E-state index in [1.807, 2.05) is 12.2 Å². The number of esters is 1. The third-order valence-electron chi connectivity index (χ3n) is 9.34. The summed E-state index contributed by atoms with van der Waals surface area (Å²) in [6.45, 7) is 6.94. The summed E-state index contributed by atoms with van der Waals surface area (Å²) in [6, 6.07) is 0.458. The predicted molar refractivity (Wildman–Crippen MR) is 201 cm³/mol. The van der Waals surface area contributed by atoms with E-state index in [4.69, 9.17) is 9.47 Å². The molecular weight excluding hydrogens is 747 g/mol. The maximum atomic E-state index is 14.6. The molecule has 3 aromatic heterocycles. The van der Waals surface area contributed by atoms with Gasteiger partial charge in [0.15, 0.2) is 10.3 Å². The second-order valence-electron chi connectivity index (χ2n) is 14.5. The largest absolute Gasteiger partial charge is 0.464 e. The molecule has 1 saturated heterocycles. The minimum absolute atomic E-state index is 0.00325. The van der Waals surface area contributed by atoms with Crippen LogP contribution in [0, 0.1) is 5.92 Å². The molecule has 5 atom stereocenters. The van der Waals surface area contributed by atoms with Crippen molar-refractivity contribution in [3.05, 3.63) is 65.6 Å². The number of aromatic nitrogens is 6. The lowest BCUT2D eigenvalue weighted by molar-refractivity contribution is -0.150. The van der Waals surface area contributed by atoms with E-state index in [0.29, 0.717) is 34.5 Å². The SMILES string of the molecule is CCOC(=O)[C@@]12CC1C=CCCCCC[C@H](NC(=O)OC(C)(C)C)C(=O)N1C[C@H](n3ncc(Sc4ncccn4)c(Sc4ncccn4)c3=O)C[C@H]1C(=O)N2. The van der Waals surface area contributed by atoms with Gasteiger partial charge in [-0.05, 0) is 89.0 Å². The minimum atomic E-state index is -1.28. The monoisotopic (exact) mass is 791 g/mol. The fourth-order valence-corrected chi connectivity index (χ4v) is 8.38. The number of rotatable bonds is 8. The summed E-state index contributed by atoms with van der Waals surface area (Å²) in [6.07, 6.45) is 14.7. The fraction of sp³-hybridized carbons (Fsp3) is 0.514. The maximum absolute atomic E-state index is 14.6. The number of allylic oxidation sites excluding steroid dienone is 1. The first-order valence-corrected chi connectivity index (χ1v) is 20.0. The summed E-state index contributed by atoms with van der Waals surface area (Å²) < 4.78 is 12.2. The zero-order valence-electron chi connectivity index (χ0n) is 31.2. The van der Waals surface area contributed by atoms with Gasteiger partial charge in [-0.15, -0.1) is 0 Å². The molecule has 16 nitrogen and oxygen atoms in total. The highest BCUT2D eigenvalue weighted by molar-refractivity contribution is 8.02. The van der Waals surface area contributed by atoms with Gasteiger partial charge in [0.1, 0.15) is 23.2 Å². The highest BCUT2D eigenvalue weighted by Gasteiger charge is 2.62. The van der Waals surface area contributed by atoms with E-state index in [0.717, 1.165) is 42.8 Å². The number of hydrogen-bond donors (Lipinski definition) is 2. The van der Waals surface area contributed by atoms with Gasteiger partial charge in [-0.1, -0.05) is 25.0 Å². The number of ether oxygens (including phenoxy) is 2. The first-order valence-electron chi connectivity index (χ1n) is 18.4. The number of carbonyl (C=O) groups is 4. The van der Waals surface area contributed by atoms with Crippen LogP contribution in [0.3, 0.4) is 0 Å². The first-order chi connectivity index (χ1) is 26.4. The lowest BCUT2D eigenvalue weighted by atomic mass is 10.0. The zero-order valence-corrected chi connectivity index (χ0v) is 32.8. The molecule has 2 aliphatic heterocycles. The molecule has 0 bridgehead atoms. The van der Waals surface area contributed by atoms with Gasteiger partial charge in [-0.25, -0.2) is 34.2 Å². The van der Waals surface area contributed by atoms with E-state index in [1.165, 1.54) is 15.8 Å². The van der Waals surface area contributed by atoms with E-state index >= 15 is 0 Å². The second-order valence-corrected chi connectivity index (χ2v) is 16.5. The van der Waals surface area contributed by atoms with Crippen LogP contribution < -0.4 is 16.2 Å². The Hall–Kier alpha value is -4.84. The van der Waals surface area contributed by atoms with Crippen LogP contribution in [0.1, 0.15) is 78.7 Å². The standard InChI is InChI=1S/C37H45N9O7S2/c1-5-52-32(50)37-20-23(37)13-9-7-6-8-10-14-25(43-35(51)53-36(2,3)4)30(48)45-22-24(19-26(45)29(47)44-37)46-31(49)28(55-34-40-17-12-18-41-34)27(21-42-46)54-33-38-15-11-16-39-33/h9,11-13,15-18,21,23-26H,5-8,10,14,19-20,22H2,1-4H3,(H,43,51)(H,44,47)/t23?,24-,25+,26+,37-/m1/s1. The lowest BCUT2D eigenvalue weighted by Crippen LogP contribution is -2.56. The van der Waals surface area contributed by atoms with Gasteiger partial charge in [-0.2, -0.15) is 5.10 Å². The number of nitrogens with zero attached hydrogens (tertiary/aromatic N) is 7. The van der Waals surface area contributed by atoms with Crippen LogP contribution in [-0.2, 0) is 23.9 Å². The van der Waals surface area contributed by atoms with Crippen LogP contribution in [0.5, 0.6) is 0 Å². The lowest BCUT2D eigenvalue weighted by Gasteiger charge is -2.30. The highest BCUT2D eigenvalue weighted by atomic mass is 32.2. The van der Waals surface area contributed by atoms with Crippen LogP contribution in [-0.4, -0.2) is 94.9 Å². The van der Waals surface area contributed by atoms with E-state index in [9.17, 15) is 24.0 Å². The third-order valence-corrected chi connectivity index (χ3v) is 11.4. The fourth-order valence-electron chi connectivity index (χ4n) is 6.68. The first kappa shape index (κ1) is 39.8. The molecule has 1 unspecified atom stereocenters. The van der Waals surface area contributed by atoms with Crippen molar-refractivity contribution in [2.24, 2.45) is 5.92 Å². The topological polar surface area (TPSA) is 200 Å². The molecule has 0 radical (unpaired) electrons. The molecule has 2 N–H and O–H groups in total. The van der Waals surface area contributed by atoms with E-state index < -0.39 is 58.7 Å². The molecule has 0 aromatic carbocycles. The molecule has 1 aliphatic carbocycles. The molecule has 18 heteroatoms. The summed E-state index contributed by atoms with van der Waals surface area (Å²) in [4.78, 5) is 89.0. The molecule has 2 fully saturated rings. The van der Waals surface area contributed by atoms with Crippen molar-refractivity contribution < 1.29 is 28.7 Å². The number of fused-ring (bicyclic) bond motifs is 2. The van der Waals surface area contributed by atoms with Crippen LogP contribution >= 0.6 is 23.5 Å². The van der Waals surface area contributed by atoms with Crippen molar-refractivity contribution in [2.45, 2.75) is 122 Å². The van der Waals surface area contributed by atoms with Crippen LogP contribution in [0.15, 0.2) is 80.2 Å². The van der Waals surface area contributed by atoms with E-state index in [-0.39, 0.29) is 30.4 Å².